The Morgan fingerprint density at radius 2 is 1.51 bits per heavy atom. The number of rotatable bonds is 6. The molecule has 0 radical (unpaired) electrons. The van der Waals surface area contributed by atoms with Gasteiger partial charge in [0, 0.05) is 24.3 Å². The van der Waals surface area contributed by atoms with Gasteiger partial charge in [-0.05, 0) is 66.3 Å². The number of amides is 2. The van der Waals surface area contributed by atoms with Gasteiger partial charge in [0.2, 0.25) is 5.91 Å². The standard InChI is InChI=1S/C33H32N2O2/c1-24-14-16-26(17-15-24)22-35(33(37)31-13-6-3-8-25(31)2)30-12-7-9-27(20-30)21-32(36)34-19-18-28-10-4-5-11-29(28)23-34/h3-17,20H,18-19,21-23H2,1-2H3. The maximum absolute atomic E-state index is 13.8. The molecule has 4 aromatic carbocycles. The topological polar surface area (TPSA) is 40.6 Å². The number of hydrogen-bond donors (Lipinski definition) is 0. The minimum Gasteiger partial charge on any atom is -0.338 e. The van der Waals surface area contributed by atoms with Crippen LogP contribution >= 0.6 is 0 Å². The van der Waals surface area contributed by atoms with Crippen molar-refractivity contribution in [1.29, 1.82) is 0 Å². The number of carbonyl (C=O) groups excluding carboxylic acids is 2. The second-order valence-electron chi connectivity index (χ2n) is 9.87. The highest BCUT2D eigenvalue weighted by atomic mass is 16.2. The number of anilines is 1. The molecule has 0 bridgehead atoms. The van der Waals surface area contributed by atoms with E-state index in [1.807, 2.05) is 71.3 Å². The molecule has 4 nitrogen and oxygen atoms in total. The molecule has 5 rings (SSSR count). The first-order valence-electron chi connectivity index (χ1n) is 12.8. The van der Waals surface area contributed by atoms with Crippen LogP contribution in [0.15, 0.2) is 97.1 Å². The van der Waals surface area contributed by atoms with Gasteiger partial charge in [-0.25, -0.2) is 0 Å². The van der Waals surface area contributed by atoms with Gasteiger partial charge in [0.15, 0.2) is 0 Å². The number of benzene rings is 4. The lowest BCUT2D eigenvalue weighted by Crippen LogP contribution is -2.37. The van der Waals surface area contributed by atoms with Crippen molar-refractivity contribution in [2.45, 2.75) is 39.8 Å². The van der Waals surface area contributed by atoms with Crippen molar-refractivity contribution in [3.8, 4) is 0 Å². The van der Waals surface area contributed by atoms with Gasteiger partial charge in [-0.2, -0.15) is 0 Å². The van der Waals surface area contributed by atoms with Gasteiger partial charge in [0.05, 0.1) is 13.0 Å². The third-order valence-corrected chi connectivity index (χ3v) is 7.14. The van der Waals surface area contributed by atoms with Gasteiger partial charge in [0.25, 0.3) is 5.91 Å². The third-order valence-electron chi connectivity index (χ3n) is 7.14. The molecular formula is C33H32N2O2. The Morgan fingerprint density at radius 1 is 0.784 bits per heavy atom. The number of aryl methyl sites for hydroxylation is 2. The Hall–Kier alpha value is -4.18. The molecule has 1 aliphatic heterocycles. The van der Waals surface area contributed by atoms with Crippen LogP contribution in [0.1, 0.15) is 43.7 Å². The van der Waals surface area contributed by atoms with E-state index in [1.54, 1.807) is 0 Å². The van der Waals surface area contributed by atoms with Crippen LogP contribution in [-0.2, 0) is 30.7 Å². The Morgan fingerprint density at radius 3 is 2.30 bits per heavy atom. The van der Waals surface area contributed by atoms with E-state index in [2.05, 4.69) is 49.4 Å². The van der Waals surface area contributed by atoms with Gasteiger partial charge >= 0.3 is 0 Å². The molecule has 0 fully saturated rings. The highest BCUT2D eigenvalue weighted by Gasteiger charge is 2.23. The van der Waals surface area contributed by atoms with Gasteiger partial charge < -0.3 is 9.80 Å². The van der Waals surface area contributed by atoms with E-state index in [9.17, 15) is 9.59 Å². The highest BCUT2D eigenvalue weighted by Crippen LogP contribution is 2.25. The van der Waals surface area contributed by atoms with Gasteiger partial charge in [-0.15, -0.1) is 0 Å². The average molecular weight is 489 g/mol. The first-order valence-corrected chi connectivity index (χ1v) is 12.8. The van der Waals surface area contributed by atoms with E-state index in [-0.39, 0.29) is 11.8 Å². The Bertz CT molecular complexity index is 1420. The fourth-order valence-electron chi connectivity index (χ4n) is 4.94. The summed E-state index contributed by atoms with van der Waals surface area (Å²) < 4.78 is 0. The van der Waals surface area contributed by atoms with Crippen molar-refractivity contribution in [2.75, 3.05) is 11.4 Å². The highest BCUT2D eigenvalue weighted by molar-refractivity contribution is 6.07. The third kappa shape index (κ3) is 5.64. The Labute approximate surface area is 219 Å². The Balaban J connectivity index is 1.40. The van der Waals surface area contributed by atoms with E-state index < -0.39 is 0 Å². The van der Waals surface area contributed by atoms with Crippen LogP contribution in [0.3, 0.4) is 0 Å². The lowest BCUT2D eigenvalue weighted by Gasteiger charge is -2.29. The second kappa shape index (κ2) is 10.8. The molecule has 1 aliphatic rings. The summed E-state index contributed by atoms with van der Waals surface area (Å²) in [7, 11) is 0. The van der Waals surface area contributed by atoms with Crippen LogP contribution in [0.25, 0.3) is 0 Å². The zero-order chi connectivity index (χ0) is 25.8. The summed E-state index contributed by atoms with van der Waals surface area (Å²) in [5.41, 5.74) is 8.12. The van der Waals surface area contributed by atoms with E-state index >= 15 is 0 Å². The van der Waals surface area contributed by atoms with Crippen LogP contribution in [0.4, 0.5) is 5.69 Å². The average Bonchev–Trinajstić information content (AvgIpc) is 2.92. The fourth-order valence-corrected chi connectivity index (χ4v) is 4.94. The van der Waals surface area contributed by atoms with Crippen molar-refractivity contribution >= 4 is 17.5 Å². The molecule has 0 saturated heterocycles. The van der Waals surface area contributed by atoms with Crippen LogP contribution in [0, 0.1) is 13.8 Å². The summed E-state index contributed by atoms with van der Waals surface area (Å²) >= 11 is 0. The monoisotopic (exact) mass is 488 g/mol. The maximum atomic E-state index is 13.8. The molecule has 0 N–H and O–H groups in total. The van der Waals surface area contributed by atoms with Crippen LogP contribution in [0.5, 0.6) is 0 Å². The molecule has 37 heavy (non-hydrogen) atoms. The molecular weight excluding hydrogens is 456 g/mol. The number of nitrogens with zero attached hydrogens (tertiary/aromatic N) is 2. The summed E-state index contributed by atoms with van der Waals surface area (Å²) in [5, 5.41) is 0. The van der Waals surface area contributed by atoms with Crippen LogP contribution < -0.4 is 4.90 Å². The molecule has 4 aromatic rings. The summed E-state index contributed by atoms with van der Waals surface area (Å²) in [4.78, 5) is 30.8. The largest absolute Gasteiger partial charge is 0.338 e. The molecule has 0 spiro atoms. The van der Waals surface area contributed by atoms with E-state index in [0.717, 1.165) is 35.3 Å². The van der Waals surface area contributed by atoms with Crippen molar-refractivity contribution in [1.82, 2.24) is 4.90 Å². The molecule has 0 atom stereocenters. The summed E-state index contributed by atoms with van der Waals surface area (Å²) in [6.07, 6.45) is 1.20. The van der Waals surface area contributed by atoms with Gasteiger partial charge in [0.1, 0.15) is 0 Å². The van der Waals surface area contributed by atoms with Crippen LogP contribution in [0.2, 0.25) is 0 Å². The van der Waals surface area contributed by atoms with E-state index in [4.69, 9.17) is 0 Å². The normalized spacial score (nSPS) is 12.6. The molecule has 2 amide bonds. The number of hydrogen-bond acceptors (Lipinski definition) is 2. The molecule has 186 valence electrons. The Kier molecular flexibility index (Phi) is 7.18. The fraction of sp³-hybridized carbons (Fsp3) is 0.212. The van der Waals surface area contributed by atoms with Gasteiger partial charge in [-0.1, -0.05) is 84.4 Å². The summed E-state index contributed by atoms with van der Waals surface area (Å²) in [6, 6.07) is 32.1. The number of carbonyl (C=O) groups is 2. The van der Waals surface area contributed by atoms with Crippen molar-refractivity contribution in [3.63, 3.8) is 0 Å². The predicted octanol–water partition coefficient (Wildman–Crippen LogP) is 6.28. The smallest absolute Gasteiger partial charge is 0.258 e. The SMILES string of the molecule is Cc1ccc(CN(C(=O)c2ccccc2C)c2cccc(CC(=O)N3CCc4ccccc4C3)c2)cc1. The minimum absolute atomic E-state index is 0.0465. The lowest BCUT2D eigenvalue weighted by molar-refractivity contribution is -0.131. The van der Waals surface area contributed by atoms with E-state index in [0.29, 0.717) is 25.1 Å². The lowest BCUT2D eigenvalue weighted by atomic mass is 9.99. The molecule has 0 aliphatic carbocycles. The molecule has 1 heterocycles. The molecule has 0 unspecified atom stereocenters. The molecule has 0 aromatic heterocycles. The number of fused-ring (bicyclic) bond motifs is 1. The summed E-state index contributed by atoms with van der Waals surface area (Å²) in [5.74, 6) is 0.0664. The molecule has 0 saturated carbocycles. The minimum atomic E-state index is -0.0465. The summed E-state index contributed by atoms with van der Waals surface area (Å²) in [6.45, 7) is 5.86. The van der Waals surface area contributed by atoms with Crippen LogP contribution in [-0.4, -0.2) is 23.3 Å². The van der Waals surface area contributed by atoms with E-state index in [1.165, 1.54) is 16.7 Å². The quantitative estimate of drug-likeness (QED) is 0.321. The first-order chi connectivity index (χ1) is 18.0. The zero-order valence-corrected chi connectivity index (χ0v) is 21.5. The predicted molar refractivity (Wildman–Crippen MR) is 149 cm³/mol. The second-order valence-corrected chi connectivity index (χ2v) is 9.87. The zero-order valence-electron chi connectivity index (χ0n) is 21.5. The van der Waals surface area contributed by atoms with Crippen molar-refractivity contribution in [2.24, 2.45) is 0 Å². The first kappa shape index (κ1) is 24.5. The van der Waals surface area contributed by atoms with Gasteiger partial charge in [-0.3, -0.25) is 9.59 Å². The van der Waals surface area contributed by atoms with Crippen molar-refractivity contribution in [3.05, 3.63) is 136 Å². The van der Waals surface area contributed by atoms with Crippen molar-refractivity contribution < 1.29 is 9.59 Å². The molecule has 4 heteroatoms. The maximum Gasteiger partial charge on any atom is 0.258 e.